The number of benzene rings is 4. The van der Waals surface area contributed by atoms with Crippen molar-refractivity contribution in [1.82, 2.24) is 0 Å². The van der Waals surface area contributed by atoms with E-state index < -0.39 is 25.4 Å². The van der Waals surface area contributed by atoms with Crippen molar-refractivity contribution in [3.05, 3.63) is 121 Å². The molecule has 0 N–H and O–H groups in total. The summed E-state index contributed by atoms with van der Waals surface area (Å²) in [5.41, 5.74) is 0.767. The Morgan fingerprint density at radius 2 is 0.969 bits per heavy atom. The zero-order valence-electron chi connectivity index (χ0n) is 18.8. The standard InChI is InChI=1S/C25H19NOP.3CH3.Sn/c27-25(21-13-5-1-6-14-21)26-28(22-15-7-2-8-16-22,23-17-9-3-10-18-23)24-19-11-4-12-20-24;;;;/h1-13,15-20H;3*1H3;. The van der Waals surface area contributed by atoms with Gasteiger partial charge < -0.3 is 0 Å². The Labute approximate surface area is 195 Å². The van der Waals surface area contributed by atoms with E-state index in [2.05, 4.69) is 57.3 Å². The van der Waals surface area contributed by atoms with Crippen LogP contribution in [0.4, 0.5) is 0 Å². The molecule has 160 valence electrons. The van der Waals surface area contributed by atoms with Crippen molar-refractivity contribution in [2.24, 2.45) is 4.74 Å². The molecule has 0 radical (unpaired) electrons. The minimum absolute atomic E-state index is 0.114. The molecular weight excluding hydrogens is 516 g/mol. The van der Waals surface area contributed by atoms with E-state index in [-0.39, 0.29) is 5.91 Å². The number of nitrogens with zero attached hydrogens (tertiary/aromatic N) is 1. The Hall–Kier alpha value is -2.42. The molecule has 0 spiro atoms. The van der Waals surface area contributed by atoms with Gasteiger partial charge in [0.2, 0.25) is 0 Å². The average molecular weight is 544 g/mol. The van der Waals surface area contributed by atoms with Crippen molar-refractivity contribution >= 4 is 50.8 Å². The van der Waals surface area contributed by atoms with Gasteiger partial charge in [0.05, 0.1) is 0 Å². The Bertz CT molecular complexity index is 1160. The first-order chi connectivity index (χ1) is 15.4. The van der Waals surface area contributed by atoms with Gasteiger partial charge in [0.25, 0.3) is 0 Å². The fourth-order valence-corrected chi connectivity index (χ4v) is 12.0. The summed E-state index contributed by atoms with van der Waals surface area (Å²) in [6.07, 6.45) is 0. The van der Waals surface area contributed by atoms with Crippen LogP contribution in [0.2, 0.25) is 14.8 Å². The molecule has 4 rings (SSSR count). The Morgan fingerprint density at radius 1 is 0.594 bits per heavy atom. The third-order valence-electron chi connectivity index (χ3n) is 5.60. The van der Waals surface area contributed by atoms with Crippen LogP contribution in [0.5, 0.6) is 0 Å². The molecule has 1 amide bonds. The van der Waals surface area contributed by atoms with Crippen LogP contribution in [0.25, 0.3) is 0 Å². The Balaban J connectivity index is 2.08. The summed E-state index contributed by atoms with van der Waals surface area (Å²) in [5, 5.41) is 3.26. The van der Waals surface area contributed by atoms with Crippen molar-refractivity contribution < 1.29 is 4.79 Å². The summed E-state index contributed by atoms with van der Waals surface area (Å²) < 4.78 is 6.39. The summed E-state index contributed by atoms with van der Waals surface area (Å²) in [4.78, 5) is 21.0. The van der Waals surface area contributed by atoms with E-state index in [4.69, 9.17) is 4.74 Å². The summed E-state index contributed by atoms with van der Waals surface area (Å²) in [5.74, 6) is -0.114. The number of amides is 1. The van der Waals surface area contributed by atoms with Gasteiger partial charge >= 0.3 is 196 Å². The topological polar surface area (TPSA) is 29.4 Å². The number of carbonyl (C=O) groups is 1. The van der Waals surface area contributed by atoms with E-state index in [0.29, 0.717) is 0 Å². The summed E-state index contributed by atoms with van der Waals surface area (Å²) in [7, 11) is -2.55. The third-order valence-corrected chi connectivity index (χ3v) is 15.1. The molecule has 0 aliphatic rings. The quantitative estimate of drug-likeness (QED) is 0.240. The van der Waals surface area contributed by atoms with Crippen LogP contribution in [-0.4, -0.2) is 24.3 Å². The van der Waals surface area contributed by atoms with Crippen molar-refractivity contribution in [1.29, 1.82) is 0 Å². The zero-order chi connectivity index (χ0) is 22.6. The van der Waals surface area contributed by atoms with Gasteiger partial charge in [0, 0.05) is 0 Å². The molecule has 2 nitrogen and oxygen atoms in total. The second kappa shape index (κ2) is 9.60. The van der Waals surface area contributed by atoms with Gasteiger partial charge in [-0.1, -0.05) is 0 Å². The zero-order valence-corrected chi connectivity index (χ0v) is 22.5. The van der Waals surface area contributed by atoms with Crippen LogP contribution < -0.4 is 19.5 Å². The predicted octanol–water partition coefficient (Wildman–Crippen LogP) is 5.55. The first kappa shape index (κ1) is 22.8. The van der Waals surface area contributed by atoms with Gasteiger partial charge in [0.15, 0.2) is 0 Å². The van der Waals surface area contributed by atoms with Crippen molar-refractivity contribution in [2.75, 3.05) is 0 Å². The second-order valence-electron chi connectivity index (χ2n) is 8.84. The Morgan fingerprint density at radius 3 is 1.38 bits per heavy atom. The molecule has 0 aliphatic carbocycles. The molecule has 0 atom stereocenters. The van der Waals surface area contributed by atoms with Gasteiger partial charge in [-0.25, -0.2) is 0 Å². The summed E-state index contributed by atoms with van der Waals surface area (Å²) >= 11 is -2.52. The molecular formula is C28H28NOPSn. The Kier molecular flexibility index (Phi) is 6.83. The van der Waals surface area contributed by atoms with Gasteiger partial charge in [-0.2, -0.15) is 0 Å². The first-order valence-electron chi connectivity index (χ1n) is 10.9. The molecule has 0 heterocycles. The molecule has 0 unspecified atom stereocenters. The number of hydrogen-bond acceptors (Lipinski definition) is 1. The molecule has 32 heavy (non-hydrogen) atoms. The van der Waals surface area contributed by atoms with Crippen LogP contribution in [0.3, 0.4) is 0 Å². The fraction of sp³-hybridized carbons (Fsp3) is 0.107. The first-order valence-corrected chi connectivity index (χ1v) is 22.6. The average Bonchev–Trinajstić information content (AvgIpc) is 2.83. The number of hydrogen-bond donors (Lipinski definition) is 0. The van der Waals surface area contributed by atoms with Crippen LogP contribution in [0, 0.1) is 0 Å². The van der Waals surface area contributed by atoms with E-state index in [1.807, 2.05) is 72.8 Å². The normalized spacial score (nSPS) is 11.7. The van der Waals surface area contributed by atoms with E-state index >= 15 is 0 Å². The minimum atomic E-state index is -2.55. The molecule has 4 heteroatoms. The molecule has 0 bridgehead atoms. The molecule has 0 saturated carbocycles. The van der Waals surface area contributed by atoms with E-state index in [9.17, 15) is 4.79 Å². The molecule has 0 aromatic heterocycles. The van der Waals surface area contributed by atoms with Crippen molar-refractivity contribution in [3.63, 3.8) is 0 Å². The van der Waals surface area contributed by atoms with Gasteiger partial charge in [-0.05, 0) is 0 Å². The SMILES string of the molecule is [CH3][Sn]([CH3])([CH3])[c]1ccccc1C(=O)N=P(c1ccccc1)(c1ccccc1)c1ccccc1. The van der Waals surface area contributed by atoms with Crippen molar-refractivity contribution in [2.45, 2.75) is 14.8 Å². The number of rotatable bonds is 5. The van der Waals surface area contributed by atoms with Crippen LogP contribution >= 0.6 is 7.05 Å². The van der Waals surface area contributed by atoms with Crippen molar-refractivity contribution in [3.8, 4) is 0 Å². The summed E-state index contributed by atoms with van der Waals surface area (Å²) in [6.45, 7) is 0. The maximum absolute atomic E-state index is 13.9. The van der Waals surface area contributed by atoms with Crippen LogP contribution in [-0.2, 0) is 0 Å². The van der Waals surface area contributed by atoms with E-state index in [1.165, 1.54) is 3.58 Å². The molecule has 4 aromatic carbocycles. The predicted molar refractivity (Wildman–Crippen MR) is 141 cm³/mol. The molecule has 0 saturated heterocycles. The third kappa shape index (κ3) is 4.53. The van der Waals surface area contributed by atoms with Gasteiger partial charge in [-0.3, -0.25) is 0 Å². The van der Waals surface area contributed by atoms with Gasteiger partial charge in [0.1, 0.15) is 0 Å². The molecule has 0 fully saturated rings. The van der Waals surface area contributed by atoms with Gasteiger partial charge in [-0.15, -0.1) is 0 Å². The van der Waals surface area contributed by atoms with Crippen LogP contribution in [0.1, 0.15) is 10.4 Å². The molecule has 0 aliphatic heterocycles. The molecule has 4 aromatic rings. The van der Waals surface area contributed by atoms with E-state index in [1.54, 1.807) is 0 Å². The van der Waals surface area contributed by atoms with Crippen LogP contribution in [0.15, 0.2) is 120 Å². The monoisotopic (exact) mass is 545 g/mol. The fourth-order valence-electron chi connectivity index (χ4n) is 4.07. The maximum atomic E-state index is 13.9. The van der Waals surface area contributed by atoms with E-state index in [0.717, 1.165) is 21.5 Å². The number of carbonyl (C=O) groups excluding carboxylic acids is 1. The summed E-state index contributed by atoms with van der Waals surface area (Å²) in [6, 6.07) is 39.0. The second-order valence-corrected chi connectivity index (χ2v) is 26.2.